The molecule has 1 fully saturated rings. The molecule has 0 saturated heterocycles. The second kappa shape index (κ2) is 5.00. The standard InChI is InChI=1S/C10H12ClN3OS/c11-9-8(4-12)16-10(14-9)13-7-3-1-2-6(7)5-15/h6-7,15H,1-3,5H2,(H,13,14). The molecule has 0 amide bonds. The van der Waals surface area contributed by atoms with E-state index < -0.39 is 0 Å². The van der Waals surface area contributed by atoms with Gasteiger partial charge in [-0.3, -0.25) is 0 Å². The van der Waals surface area contributed by atoms with Crippen LogP contribution in [0.4, 0.5) is 5.13 Å². The van der Waals surface area contributed by atoms with Crippen LogP contribution in [-0.2, 0) is 0 Å². The van der Waals surface area contributed by atoms with Crippen LogP contribution in [0.3, 0.4) is 0 Å². The maximum atomic E-state index is 9.19. The molecular formula is C10H12ClN3OS. The van der Waals surface area contributed by atoms with Crippen molar-refractivity contribution in [3.63, 3.8) is 0 Å². The van der Waals surface area contributed by atoms with E-state index in [-0.39, 0.29) is 23.7 Å². The average Bonchev–Trinajstić information content (AvgIpc) is 2.85. The Morgan fingerprint density at radius 3 is 3.06 bits per heavy atom. The summed E-state index contributed by atoms with van der Waals surface area (Å²) < 4.78 is 0. The molecular weight excluding hydrogens is 246 g/mol. The zero-order chi connectivity index (χ0) is 11.5. The molecule has 2 rings (SSSR count). The van der Waals surface area contributed by atoms with Gasteiger partial charge < -0.3 is 10.4 Å². The molecule has 2 unspecified atom stereocenters. The fourth-order valence-corrected chi connectivity index (χ4v) is 3.04. The summed E-state index contributed by atoms with van der Waals surface area (Å²) in [6.07, 6.45) is 3.19. The van der Waals surface area contributed by atoms with Gasteiger partial charge in [0, 0.05) is 18.6 Å². The molecule has 6 heteroatoms. The lowest BCUT2D eigenvalue weighted by Crippen LogP contribution is -2.26. The van der Waals surface area contributed by atoms with E-state index in [2.05, 4.69) is 10.3 Å². The maximum absolute atomic E-state index is 9.19. The number of nitrogens with one attached hydrogen (secondary N) is 1. The van der Waals surface area contributed by atoms with Crippen molar-refractivity contribution in [2.75, 3.05) is 11.9 Å². The number of aliphatic hydroxyl groups excluding tert-OH is 1. The quantitative estimate of drug-likeness (QED) is 0.871. The number of aliphatic hydroxyl groups is 1. The molecule has 0 aliphatic heterocycles. The topological polar surface area (TPSA) is 68.9 Å². The van der Waals surface area contributed by atoms with Gasteiger partial charge in [-0.05, 0) is 12.8 Å². The number of nitriles is 1. The van der Waals surface area contributed by atoms with Gasteiger partial charge in [0.1, 0.15) is 10.9 Å². The summed E-state index contributed by atoms with van der Waals surface area (Å²) in [7, 11) is 0. The number of aromatic nitrogens is 1. The number of nitrogens with zero attached hydrogens (tertiary/aromatic N) is 2. The van der Waals surface area contributed by atoms with Crippen molar-refractivity contribution in [1.82, 2.24) is 4.98 Å². The van der Waals surface area contributed by atoms with Gasteiger partial charge in [0.2, 0.25) is 0 Å². The summed E-state index contributed by atoms with van der Waals surface area (Å²) in [4.78, 5) is 4.52. The molecule has 16 heavy (non-hydrogen) atoms. The van der Waals surface area contributed by atoms with Crippen LogP contribution in [-0.4, -0.2) is 22.7 Å². The average molecular weight is 258 g/mol. The summed E-state index contributed by atoms with van der Waals surface area (Å²) >= 11 is 7.05. The molecule has 1 aromatic heterocycles. The third kappa shape index (κ3) is 2.29. The van der Waals surface area contributed by atoms with Crippen LogP contribution in [0.2, 0.25) is 5.15 Å². The summed E-state index contributed by atoms with van der Waals surface area (Å²) in [6, 6.07) is 2.25. The molecule has 0 aromatic carbocycles. The van der Waals surface area contributed by atoms with Gasteiger partial charge in [0.15, 0.2) is 10.3 Å². The Morgan fingerprint density at radius 2 is 2.44 bits per heavy atom. The Hall–Kier alpha value is -0.830. The fourth-order valence-electron chi connectivity index (χ4n) is 2.04. The fraction of sp³-hybridized carbons (Fsp3) is 0.600. The molecule has 0 spiro atoms. The summed E-state index contributed by atoms with van der Waals surface area (Å²) in [5.41, 5.74) is 0. The van der Waals surface area contributed by atoms with Crippen molar-refractivity contribution < 1.29 is 5.11 Å². The molecule has 0 bridgehead atoms. The van der Waals surface area contributed by atoms with E-state index in [9.17, 15) is 5.11 Å². The van der Waals surface area contributed by atoms with E-state index in [1.165, 1.54) is 11.3 Å². The first kappa shape index (κ1) is 11.6. The van der Waals surface area contributed by atoms with E-state index in [0.717, 1.165) is 19.3 Å². The Labute approximate surface area is 103 Å². The summed E-state index contributed by atoms with van der Waals surface area (Å²) in [5.74, 6) is 0.285. The van der Waals surface area contributed by atoms with E-state index in [0.29, 0.717) is 10.0 Å². The lowest BCUT2D eigenvalue weighted by Gasteiger charge is -2.17. The van der Waals surface area contributed by atoms with Crippen LogP contribution in [0.5, 0.6) is 0 Å². The van der Waals surface area contributed by atoms with Gasteiger partial charge in [-0.25, -0.2) is 4.98 Å². The third-order valence-corrected chi connectivity index (χ3v) is 4.17. The second-order valence-electron chi connectivity index (χ2n) is 3.88. The highest BCUT2D eigenvalue weighted by atomic mass is 35.5. The number of anilines is 1. The van der Waals surface area contributed by atoms with Crippen molar-refractivity contribution >= 4 is 28.1 Å². The molecule has 2 N–H and O–H groups in total. The predicted molar refractivity (Wildman–Crippen MR) is 63.7 cm³/mol. The SMILES string of the molecule is N#Cc1sc(NC2CCCC2CO)nc1Cl. The van der Waals surface area contributed by atoms with Crippen LogP contribution >= 0.6 is 22.9 Å². The zero-order valence-electron chi connectivity index (χ0n) is 8.61. The number of hydrogen-bond acceptors (Lipinski definition) is 5. The molecule has 1 aromatic rings. The highest BCUT2D eigenvalue weighted by Gasteiger charge is 2.27. The van der Waals surface area contributed by atoms with Crippen LogP contribution in [0, 0.1) is 17.2 Å². The smallest absolute Gasteiger partial charge is 0.185 e. The minimum absolute atomic E-state index is 0.196. The van der Waals surface area contributed by atoms with E-state index in [4.69, 9.17) is 16.9 Å². The van der Waals surface area contributed by atoms with Crippen LogP contribution in [0.1, 0.15) is 24.1 Å². The van der Waals surface area contributed by atoms with Crippen LogP contribution in [0.25, 0.3) is 0 Å². The summed E-state index contributed by atoms with van der Waals surface area (Å²) in [5, 5.41) is 22.1. The van der Waals surface area contributed by atoms with Gasteiger partial charge in [0.05, 0.1) is 0 Å². The van der Waals surface area contributed by atoms with E-state index >= 15 is 0 Å². The zero-order valence-corrected chi connectivity index (χ0v) is 10.2. The molecule has 1 heterocycles. The highest BCUT2D eigenvalue weighted by Crippen LogP contribution is 2.31. The van der Waals surface area contributed by atoms with Gasteiger partial charge in [0.25, 0.3) is 0 Å². The monoisotopic (exact) mass is 257 g/mol. The highest BCUT2D eigenvalue weighted by molar-refractivity contribution is 7.16. The van der Waals surface area contributed by atoms with Crippen LogP contribution in [0.15, 0.2) is 0 Å². The van der Waals surface area contributed by atoms with E-state index in [1.54, 1.807) is 0 Å². The molecule has 1 saturated carbocycles. The first-order chi connectivity index (χ1) is 7.74. The Balaban J connectivity index is 2.06. The van der Waals surface area contributed by atoms with Gasteiger partial charge >= 0.3 is 0 Å². The van der Waals surface area contributed by atoms with Crippen molar-refractivity contribution in [1.29, 1.82) is 5.26 Å². The minimum Gasteiger partial charge on any atom is -0.396 e. The van der Waals surface area contributed by atoms with Gasteiger partial charge in [-0.1, -0.05) is 29.4 Å². The maximum Gasteiger partial charge on any atom is 0.185 e. The normalized spacial score (nSPS) is 24.3. The lowest BCUT2D eigenvalue weighted by molar-refractivity contribution is 0.222. The molecule has 86 valence electrons. The summed E-state index contributed by atoms with van der Waals surface area (Å²) in [6.45, 7) is 0.196. The van der Waals surface area contributed by atoms with Gasteiger partial charge in [-0.2, -0.15) is 5.26 Å². The van der Waals surface area contributed by atoms with Gasteiger partial charge in [-0.15, -0.1) is 0 Å². The number of rotatable bonds is 3. The molecule has 1 aliphatic carbocycles. The third-order valence-electron chi connectivity index (χ3n) is 2.89. The number of hydrogen-bond donors (Lipinski definition) is 2. The predicted octanol–water partition coefficient (Wildman–Crippen LogP) is 2.24. The Kier molecular flexibility index (Phi) is 3.64. The molecule has 0 radical (unpaired) electrons. The van der Waals surface area contributed by atoms with Crippen molar-refractivity contribution in [2.24, 2.45) is 5.92 Å². The molecule has 4 nitrogen and oxygen atoms in total. The first-order valence-corrected chi connectivity index (χ1v) is 6.38. The van der Waals surface area contributed by atoms with Crippen molar-refractivity contribution in [3.05, 3.63) is 10.0 Å². The Morgan fingerprint density at radius 1 is 1.62 bits per heavy atom. The van der Waals surface area contributed by atoms with E-state index in [1.807, 2.05) is 6.07 Å². The van der Waals surface area contributed by atoms with Crippen LogP contribution < -0.4 is 5.32 Å². The number of halogens is 1. The largest absolute Gasteiger partial charge is 0.396 e. The second-order valence-corrected chi connectivity index (χ2v) is 5.23. The molecule has 1 aliphatic rings. The first-order valence-electron chi connectivity index (χ1n) is 5.18. The minimum atomic E-state index is 0.196. The lowest BCUT2D eigenvalue weighted by atomic mass is 10.1. The van der Waals surface area contributed by atoms with Crippen molar-refractivity contribution in [3.8, 4) is 6.07 Å². The van der Waals surface area contributed by atoms with Crippen molar-refractivity contribution in [2.45, 2.75) is 25.3 Å². The number of thiazole rings is 1. The molecule has 2 atom stereocenters. The Bertz CT molecular complexity index is 415.